The average molecular weight is 525 g/mol. The molecule has 1 aliphatic rings. The van der Waals surface area contributed by atoms with Crippen molar-refractivity contribution in [2.24, 2.45) is 0 Å². The Labute approximate surface area is 224 Å². The van der Waals surface area contributed by atoms with Gasteiger partial charge in [0, 0.05) is 12.2 Å². The van der Waals surface area contributed by atoms with Crippen LogP contribution in [0.15, 0.2) is 72.8 Å². The third-order valence-electron chi connectivity index (χ3n) is 7.04. The molecule has 0 amide bonds. The molecule has 0 unspecified atom stereocenters. The highest BCUT2D eigenvalue weighted by Gasteiger charge is 2.50. The van der Waals surface area contributed by atoms with Crippen LogP contribution in [0.4, 0.5) is 0 Å². The Morgan fingerprint density at radius 2 is 1.57 bits per heavy atom. The normalized spacial score (nSPS) is 20.8. The monoisotopic (exact) mass is 524 g/mol. The van der Waals surface area contributed by atoms with Crippen LogP contribution in [0.5, 0.6) is 0 Å². The predicted octanol–water partition coefficient (Wildman–Crippen LogP) is 6.06. The van der Waals surface area contributed by atoms with Crippen molar-refractivity contribution in [3.05, 3.63) is 72.8 Å². The van der Waals surface area contributed by atoms with Gasteiger partial charge in [-0.1, -0.05) is 101 Å². The van der Waals surface area contributed by atoms with E-state index in [2.05, 4.69) is 88.4 Å². The van der Waals surface area contributed by atoms with Crippen LogP contribution in [0.25, 0.3) is 0 Å². The van der Waals surface area contributed by atoms with Gasteiger partial charge in [-0.25, -0.2) is 4.79 Å². The van der Waals surface area contributed by atoms with Gasteiger partial charge >= 0.3 is 5.97 Å². The third-order valence-corrected chi connectivity index (χ3v) is 12.2. The molecule has 1 N–H and O–H groups in total. The van der Waals surface area contributed by atoms with Gasteiger partial charge in [0.2, 0.25) is 0 Å². The highest BCUT2D eigenvalue weighted by molar-refractivity contribution is 6.99. The Balaban J connectivity index is 1.62. The zero-order chi connectivity index (χ0) is 27.1. The molecule has 2 aromatic rings. The number of hydrogen-bond acceptors (Lipinski definition) is 4. The number of carboxylic acid groups (broad SMARTS) is 1. The first-order valence-electron chi connectivity index (χ1n) is 13.5. The zero-order valence-corrected chi connectivity index (χ0v) is 24.3. The number of aliphatic carboxylic acids is 1. The van der Waals surface area contributed by atoms with E-state index < -0.39 is 20.1 Å². The number of hydrogen-bond donors (Lipinski definition) is 1. The first-order chi connectivity index (χ1) is 17.4. The van der Waals surface area contributed by atoms with Crippen LogP contribution in [0.1, 0.15) is 73.6 Å². The minimum absolute atomic E-state index is 0.0327. The maximum atomic E-state index is 10.9. The molecule has 0 bridgehead atoms. The zero-order valence-electron chi connectivity index (χ0n) is 23.3. The lowest BCUT2D eigenvalue weighted by atomic mass is 10.0. The summed E-state index contributed by atoms with van der Waals surface area (Å²) in [4.78, 5) is 10.9. The number of carboxylic acids is 1. The summed E-state index contributed by atoms with van der Waals surface area (Å²) in [6, 6.07) is 21.6. The summed E-state index contributed by atoms with van der Waals surface area (Å²) in [6.07, 6.45) is 7.35. The predicted molar refractivity (Wildman–Crippen MR) is 152 cm³/mol. The first kappa shape index (κ1) is 29.3. The molecule has 2 aromatic carbocycles. The lowest BCUT2D eigenvalue weighted by molar-refractivity contribution is -0.143. The maximum Gasteiger partial charge on any atom is 0.328 e. The molecule has 0 spiro atoms. The lowest BCUT2D eigenvalue weighted by Crippen LogP contribution is -2.67. The van der Waals surface area contributed by atoms with Crippen molar-refractivity contribution < 1.29 is 23.8 Å². The fourth-order valence-corrected chi connectivity index (χ4v) is 10.2. The molecule has 0 saturated carbocycles. The van der Waals surface area contributed by atoms with E-state index in [-0.39, 0.29) is 23.4 Å². The molecule has 202 valence electrons. The molecule has 37 heavy (non-hydrogen) atoms. The molecule has 1 fully saturated rings. The molecule has 1 saturated heterocycles. The molecule has 6 heteroatoms. The van der Waals surface area contributed by atoms with Gasteiger partial charge in [0.25, 0.3) is 8.32 Å². The molecule has 0 aliphatic carbocycles. The van der Waals surface area contributed by atoms with Crippen LogP contribution in [-0.2, 0) is 18.7 Å². The lowest BCUT2D eigenvalue weighted by Gasteiger charge is -2.44. The fraction of sp³-hybridized carbons (Fsp3) is 0.516. The summed E-state index contributed by atoms with van der Waals surface area (Å²) in [5.41, 5.74) is 0. The molecule has 3 atom stereocenters. The second-order valence-electron chi connectivity index (χ2n) is 11.6. The van der Waals surface area contributed by atoms with Gasteiger partial charge in [-0.05, 0) is 55.1 Å². The van der Waals surface area contributed by atoms with Gasteiger partial charge in [-0.3, -0.25) is 0 Å². The van der Waals surface area contributed by atoms with Crippen LogP contribution in [0, 0.1) is 0 Å². The molecular weight excluding hydrogens is 480 g/mol. The Hall–Kier alpha value is -2.25. The number of rotatable bonds is 12. The van der Waals surface area contributed by atoms with E-state index in [1.54, 1.807) is 6.08 Å². The van der Waals surface area contributed by atoms with Crippen LogP contribution in [0.2, 0.25) is 5.04 Å². The number of benzene rings is 2. The molecule has 1 heterocycles. The van der Waals surface area contributed by atoms with Crippen molar-refractivity contribution in [3.63, 3.8) is 0 Å². The van der Waals surface area contributed by atoms with E-state index in [1.165, 1.54) is 10.4 Å². The summed E-state index contributed by atoms with van der Waals surface area (Å²) >= 11 is 0. The number of ether oxygens (including phenoxy) is 2. The van der Waals surface area contributed by atoms with Crippen LogP contribution in [0.3, 0.4) is 0 Å². The quantitative estimate of drug-likeness (QED) is 0.208. The van der Waals surface area contributed by atoms with Crippen molar-refractivity contribution in [2.45, 2.75) is 103 Å². The molecule has 5 nitrogen and oxygen atoms in total. The van der Waals surface area contributed by atoms with Crippen molar-refractivity contribution in [2.75, 3.05) is 0 Å². The van der Waals surface area contributed by atoms with Crippen LogP contribution in [-0.4, -0.2) is 43.5 Å². The first-order valence-corrected chi connectivity index (χ1v) is 15.4. The van der Waals surface area contributed by atoms with Gasteiger partial charge in [-0.2, -0.15) is 0 Å². The molecule has 0 aromatic heterocycles. The van der Waals surface area contributed by atoms with Gasteiger partial charge in [0.05, 0.1) is 6.10 Å². The average Bonchev–Trinajstić information content (AvgIpc) is 3.14. The van der Waals surface area contributed by atoms with E-state index in [9.17, 15) is 4.79 Å². The molecular formula is C31H44O5Si. The second kappa shape index (κ2) is 12.5. The number of carbonyl (C=O) groups is 1. The SMILES string of the molecule is C[C@@H](CCCCC[C@H]1OC(C)(C)O[C@H]1/C=C/C(=O)O)O[Si](c1ccccc1)(c1ccccc1)C(C)(C)C. The summed E-state index contributed by atoms with van der Waals surface area (Å²) in [6.45, 7) is 12.9. The summed E-state index contributed by atoms with van der Waals surface area (Å²) < 4.78 is 19.1. The Bertz CT molecular complexity index is 973. The Morgan fingerprint density at radius 3 is 2.08 bits per heavy atom. The van der Waals surface area contributed by atoms with Crippen molar-refractivity contribution >= 4 is 24.7 Å². The topological polar surface area (TPSA) is 65.0 Å². The second-order valence-corrected chi connectivity index (χ2v) is 15.8. The van der Waals surface area contributed by atoms with Crippen LogP contribution >= 0.6 is 0 Å². The minimum atomic E-state index is -2.54. The van der Waals surface area contributed by atoms with Crippen molar-refractivity contribution in [1.29, 1.82) is 0 Å². The van der Waals surface area contributed by atoms with Crippen molar-refractivity contribution in [3.8, 4) is 0 Å². The van der Waals surface area contributed by atoms with E-state index in [0.717, 1.165) is 38.2 Å². The van der Waals surface area contributed by atoms with E-state index in [1.807, 2.05) is 13.8 Å². The van der Waals surface area contributed by atoms with Gasteiger partial charge in [0.15, 0.2) is 5.79 Å². The van der Waals surface area contributed by atoms with Gasteiger partial charge in [0.1, 0.15) is 6.10 Å². The summed E-state index contributed by atoms with van der Waals surface area (Å²) in [5, 5.41) is 11.6. The standard InChI is InChI=1S/C31H44O5Si/c1-24(16-10-7-15-21-27-28(22-23-29(32)33)35-31(5,6)34-27)36-37(30(2,3)4,25-17-11-8-12-18-25)26-19-13-9-14-20-26/h8-9,11-14,17-20,22-24,27-28H,7,10,15-16,21H2,1-6H3,(H,32,33)/b23-22+/t24-,27+,28-/m0/s1. The molecule has 0 radical (unpaired) electrons. The number of unbranched alkanes of at least 4 members (excludes halogenated alkanes) is 2. The Kier molecular flexibility index (Phi) is 9.92. The summed E-state index contributed by atoms with van der Waals surface area (Å²) in [5.74, 6) is -1.67. The van der Waals surface area contributed by atoms with E-state index >= 15 is 0 Å². The Morgan fingerprint density at radius 1 is 1.00 bits per heavy atom. The van der Waals surface area contributed by atoms with Gasteiger partial charge in [-0.15, -0.1) is 0 Å². The highest BCUT2D eigenvalue weighted by atomic mass is 28.4. The maximum absolute atomic E-state index is 10.9. The van der Waals surface area contributed by atoms with Crippen molar-refractivity contribution in [1.82, 2.24) is 0 Å². The fourth-order valence-electron chi connectivity index (χ4n) is 5.43. The molecule has 3 rings (SSSR count). The van der Waals surface area contributed by atoms with Crippen LogP contribution < -0.4 is 10.4 Å². The highest BCUT2D eigenvalue weighted by Crippen LogP contribution is 2.38. The molecule has 1 aliphatic heterocycles. The summed E-state index contributed by atoms with van der Waals surface area (Å²) in [7, 11) is -2.54. The van der Waals surface area contributed by atoms with Gasteiger partial charge < -0.3 is 19.0 Å². The van der Waals surface area contributed by atoms with E-state index in [0.29, 0.717) is 0 Å². The minimum Gasteiger partial charge on any atom is -0.478 e. The smallest absolute Gasteiger partial charge is 0.328 e. The largest absolute Gasteiger partial charge is 0.478 e. The van der Waals surface area contributed by atoms with E-state index in [4.69, 9.17) is 19.0 Å². The third kappa shape index (κ3) is 7.63.